The van der Waals surface area contributed by atoms with Gasteiger partial charge in [-0.2, -0.15) is 0 Å². The number of piperidine rings is 1. The second-order valence-corrected chi connectivity index (χ2v) is 5.86. The molecule has 0 aromatic heterocycles. The normalized spacial score (nSPS) is 29.6. The predicted molar refractivity (Wildman–Crippen MR) is 78.7 cm³/mol. The van der Waals surface area contributed by atoms with Gasteiger partial charge >= 0.3 is 5.97 Å². The van der Waals surface area contributed by atoms with Gasteiger partial charge in [-0.15, -0.1) is 0 Å². The highest BCUT2D eigenvalue weighted by atomic mass is 16.5. The number of ether oxygens (including phenoxy) is 1. The molecule has 1 saturated heterocycles. The average molecular weight is 274 g/mol. The molecule has 0 spiro atoms. The molecule has 3 unspecified atom stereocenters. The van der Waals surface area contributed by atoms with Gasteiger partial charge in [-0.3, -0.25) is 4.79 Å². The van der Waals surface area contributed by atoms with Gasteiger partial charge in [0.05, 0.1) is 13.0 Å². The summed E-state index contributed by atoms with van der Waals surface area (Å²) in [7, 11) is 3.61. The summed E-state index contributed by atoms with van der Waals surface area (Å²) in [5, 5.41) is 3.59. The first kappa shape index (κ1) is 13.4. The SMILES string of the molecule is COC(=O)C1CCCN(C)C1C1Cc2ccccc2N1. The van der Waals surface area contributed by atoms with Crippen LogP contribution in [0.25, 0.3) is 0 Å². The number of nitrogens with zero attached hydrogens (tertiary/aromatic N) is 1. The van der Waals surface area contributed by atoms with E-state index < -0.39 is 0 Å². The molecule has 4 nitrogen and oxygen atoms in total. The standard InChI is InChI=1S/C16H22N2O2/c1-18-9-5-7-12(16(19)20-2)15(18)14-10-11-6-3-4-8-13(11)17-14/h3-4,6,8,12,14-15,17H,5,7,9-10H2,1-2H3. The molecule has 108 valence electrons. The Bertz CT molecular complexity index is 478. The van der Waals surface area contributed by atoms with E-state index in [4.69, 9.17) is 4.74 Å². The summed E-state index contributed by atoms with van der Waals surface area (Å²) in [6.45, 7) is 1.05. The number of anilines is 1. The van der Waals surface area contributed by atoms with Crippen LogP contribution in [-0.4, -0.2) is 43.7 Å². The number of methoxy groups -OCH3 is 1. The van der Waals surface area contributed by atoms with Crippen LogP contribution in [0.2, 0.25) is 0 Å². The maximum absolute atomic E-state index is 12.1. The summed E-state index contributed by atoms with van der Waals surface area (Å²) < 4.78 is 5.01. The van der Waals surface area contributed by atoms with Gasteiger partial charge in [-0.05, 0) is 44.5 Å². The molecule has 1 aromatic rings. The number of fused-ring (bicyclic) bond motifs is 1. The second kappa shape index (κ2) is 5.44. The quantitative estimate of drug-likeness (QED) is 0.837. The van der Waals surface area contributed by atoms with Crippen LogP contribution in [0.3, 0.4) is 0 Å². The molecular formula is C16H22N2O2. The highest BCUT2D eigenvalue weighted by molar-refractivity contribution is 5.74. The summed E-state index contributed by atoms with van der Waals surface area (Å²) in [6, 6.07) is 8.91. The lowest BCUT2D eigenvalue weighted by atomic mass is 9.84. The first-order valence-electron chi connectivity index (χ1n) is 7.33. The fourth-order valence-electron chi connectivity index (χ4n) is 3.72. The highest BCUT2D eigenvalue weighted by Gasteiger charge is 2.41. The molecule has 2 aliphatic rings. The Morgan fingerprint density at radius 1 is 1.40 bits per heavy atom. The van der Waals surface area contributed by atoms with Crippen molar-refractivity contribution in [3.63, 3.8) is 0 Å². The van der Waals surface area contributed by atoms with Crippen LogP contribution in [0.4, 0.5) is 5.69 Å². The van der Waals surface area contributed by atoms with Crippen LogP contribution in [0.5, 0.6) is 0 Å². The van der Waals surface area contributed by atoms with Crippen LogP contribution < -0.4 is 5.32 Å². The molecule has 0 aliphatic carbocycles. The van der Waals surface area contributed by atoms with Gasteiger partial charge < -0.3 is 15.0 Å². The Morgan fingerprint density at radius 2 is 2.20 bits per heavy atom. The molecule has 3 atom stereocenters. The van der Waals surface area contributed by atoms with E-state index in [0.29, 0.717) is 6.04 Å². The van der Waals surface area contributed by atoms with Crippen LogP contribution >= 0.6 is 0 Å². The Hall–Kier alpha value is -1.55. The van der Waals surface area contributed by atoms with E-state index in [1.807, 2.05) is 0 Å². The summed E-state index contributed by atoms with van der Waals surface area (Å²) >= 11 is 0. The van der Waals surface area contributed by atoms with Crippen molar-refractivity contribution >= 4 is 11.7 Å². The lowest BCUT2D eigenvalue weighted by Gasteiger charge is -2.41. The van der Waals surface area contributed by atoms with Crippen molar-refractivity contribution in [2.24, 2.45) is 5.92 Å². The number of likely N-dealkylation sites (N-methyl/N-ethyl adjacent to an activating group) is 1. The Labute approximate surface area is 120 Å². The number of likely N-dealkylation sites (tertiary alicyclic amines) is 1. The molecule has 4 heteroatoms. The topological polar surface area (TPSA) is 41.6 Å². The molecule has 2 aliphatic heterocycles. The molecule has 2 heterocycles. The number of esters is 1. The maximum Gasteiger partial charge on any atom is 0.310 e. The third-order valence-corrected chi connectivity index (χ3v) is 4.66. The van der Waals surface area contributed by atoms with Crippen molar-refractivity contribution in [2.75, 3.05) is 26.0 Å². The third kappa shape index (κ3) is 2.29. The third-order valence-electron chi connectivity index (χ3n) is 4.66. The molecule has 0 amide bonds. The van der Waals surface area contributed by atoms with Gasteiger partial charge in [-0.25, -0.2) is 0 Å². The number of para-hydroxylation sites is 1. The number of hydrogen-bond donors (Lipinski definition) is 1. The first-order valence-corrected chi connectivity index (χ1v) is 7.33. The van der Waals surface area contributed by atoms with Crippen molar-refractivity contribution < 1.29 is 9.53 Å². The monoisotopic (exact) mass is 274 g/mol. The van der Waals surface area contributed by atoms with E-state index in [1.165, 1.54) is 18.4 Å². The fraction of sp³-hybridized carbons (Fsp3) is 0.562. The lowest BCUT2D eigenvalue weighted by Crippen LogP contribution is -2.54. The number of nitrogens with one attached hydrogen (secondary N) is 1. The molecule has 1 fully saturated rings. The van der Waals surface area contributed by atoms with Gasteiger partial charge in [0.15, 0.2) is 0 Å². The number of carbonyl (C=O) groups is 1. The Balaban J connectivity index is 1.82. The van der Waals surface area contributed by atoms with Crippen LogP contribution in [0.15, 0.2) is 24.3 Å². The second-order valence-electron chi connectivity index (χ2n) is 5.86. The zero-order chi connectivity index (χ0) is 14.1. The van der Waals surface area contributed by atoms with Gasteiger partial charge in [0.2, 0.25) is 0 Å². The summed E-state index contributed by atoms with van der Waals surface area (Å²) in [5.74, 6) is -0.0927. The molecular weight excluding hydrogens is 252 g/mol. The number of carbonyl (C=O) groups excluding carboxylic acids is 1. The van der Waals surface area contributed by atoms with E-state index in [-0.39, 0.29) is 17.9 Å². The molecule has 3 rings (SSSR count). The molecule has 20 heavy (non-hydrogen) atoms. The minimum Gasteiger partial charge on any atom is -0.469 e. The summed E-state index contributed by atoms with van der Waals surface area (Å²) in [6.07, 6.45) is 2.97. The highest BCUT2D eigenvalue weighted by Crippen LogP contribution is 2.34. The minimum atomic E-state index is -0.0701. The molecule has 0 bridgehead atoms. The van der Waals surface area contributed by atoms with Crippen molar-refractivity contribution in [2.45, 2.75) is 31.3 Å². The molecule has 0 radical (unpaired) electrons. The Morgan fingerprint density at radius 3 is 2.95 bits per heavy atom. The first-order chi connectivity index (χ1) is 9.70. The van der Waals surface area contributed by atoms with Crippen molar-refractivity contribution in [1.29, 1.82) is 0 Å². The van der Waals surface area contributed by atoms with Crippen molar-refractivity contribution in [3.8, 4) is 0 Å². The lowest BCUT2D eigenvalue weighted by molar-refractivity contribution is -0.149. The number of rotatable bonds is 2. The summed E-state index contributed by atoms with van der Waals surface area (Å²) in [4.78, 5) is 14.4. The van der Waals surface area contributed by atoms with Crippen LogP contribution in [0, 0.1) is 5.92 Å². The minimum absolute atomic E-state index is 0.0226. The van der Waals surface area contributed by atoms with Crippen LogP contribution in [0.1, 0.15) is 18.4 Å². The molecule has 1 N–H and O–H groups in total. The van der Waals surface area contributed by atoms with Gasteiger partial charge in [0.25, 0.3) is 0 Å². The average Bonchev–Trinajstić information content (AvgIpc) is 2.89. The summed E-state index contributed by atoms with van der Waals surface area (Å²) in [5.41, 5.74) is 2.56. The van der Waals surface area contributed by atoms with Crippen molar-refractivity contribution in [1.82, 2.24) is 4.90 Å². The predicted octanol–water partition coefficient (Wildman–Crippen LogP) is 1.91. The van der Waals surface area contributed by atoms with E-state index in [2.05, 4.69) is 41.5 Å². The van der Waals surface area contributed by atoms with Gasteiger partial charge in [-0.1, -0.05) is 18.2 Å². The van der Waals surface area contributed by atoms with Crippen molar-refractivity contribution in [3.05, 3.63) is 29.8 Å². The molecule has 0 saturated carbocycles. The smallest absolute Gasteiger partial charge is 0.310 e. The van der Waals surface area contributed by atoms with E-state index >= 15 is 0 Å². The van der Waals surface area contributed by atoms with Gasteiger partial charge in [0, 0.05) is 17.8 Å². The fourth-order valence-corrected chi connectivity index (χ4v) is 3.72. The maximum atomic E-state index is 12.1. The largest absolute Gasteiger partial charge is 0.469 e. The Kier molecular flexibility index (Phi) is 3.66. The van der Waals surface area contributed by atoms with E-state index in [1.54, 1.807) is 0 Å². The van der Waals surface area contributed by atoms with Crippen LogP contribution in [-0.2, 0) is 16.0 Å². The zero-order valence-electron chi connectivity index (χ0n) is 12.1. The molecule has 1 aromatic carbocycles. The van der Waals surface area contributed by atoms with E-state index in [9.17, 15) is 4.79 Å². The van der Waals surface area contributed by atoms with E-state index in [0.717, 1.165) is 25.8 Å². The zero-order valence-corrected chi connectivity index (χ0v) is 12.1. The van der Waals surface area contributed by atoms with Gasteiger partial charge in [0.1, 0.15) is 0 Å². The number of hydrogen-bond acceptors (Lipinski definition) is 4. The number of benzene rings is 1.